The predicted octanol–water partition coefficient (Wildman–Crippen LogP) is 6.70. The van der Waals surface area contributed by atoms with Crippen molar-refractivity contribution in [2.24, 2.45) is 30.7 Å². The zero-order chi connectivity index (χ0) is 38.2. The molecule has 0 atom stereocenters. The van der Waals surface area contributed by atoms with Crippen molar-refractivity contribution in [3.63, 3.8) is 0 Å². The van der Waals surface area contributed by atoms with Gasteiger partial charge in [0.05, 0.1) is 33.7 Å². The quantitative estimate of drug-likeness (QED) is 0.0182. The van der Waals surface area contributed by atoms with Crippen LogP contribution in [0.2, 0.25) is 0 Å². The van der Waals surface area contributed by atoms with E-state index in [0.717, 1.165) is 25.2 Å². The van der Waals surface area contributed by atoms with Crippen LogP contribution in [-0.4, -0.2) is 61.4 Å². The molecule has 52 heavy (non-hydrogen) atoms. The minimum Gasteiger partial charge on any atom is -0.505 e. The standard InChI is InChI=1S/C27H21N7O14S4/c1-29-33-24-20(51(41,42)43)10-14-13(25(24)35)7-8-16(27(14)52(44,45)46)31-32-17-11-19(50(38,39)40)15-9-18(49-48-47-37)23(26(36)21(15)22(17)28)34-30-12-5-3-2-4-6-12/h2-11,35-37H,28H2,1H3,(H,38,39,40)(H,41,42,43)(H,44,45,46). The molecule has 0 bridgehead atoms. The van der Waals surface area contributed by atoms with Gasteiger partial charge in [-0.2, -0.15) is 40.6 Å². The Hall–Kier alpha value is -5.22. The molecule has 25 heteroatoms. The van der Waals surface area contributed by atoms with Crippen molar-refractivity contribution < 1.29 is 63.8 Å². The topological polar surface area (TPSA) is 342 Å². The molecule has 0 aliphatic carbocycles. The minimum atomic E-state index is -5.37. The van der Waals surface area contributed by atoms with Gasteiger partial charge >= 0.3 is 0 Å². The molecule has 0 radical (unpaired) electrons. The number of benzene rings is 5. The first-order chi connectivity index (χ1) is 24.4. The lowest BCUT2D eigenvalue weighted by Crippen LogP contribution is -2.03. The summed E-state index contributed by atoms with van der Waals surface area (Å²) in [5.41, 5.74) is 3.57. The Morgan fingerprint density at radius 3 is 1.92 bits per heavy atom. The summed E-state index contributed by atoms with van der Waals surface area (Å²) in [5.74, 6) is -1.80. The molecule has 5 rings (SSSR count). The normalized spacial score (nSPS) is 13.0. The number of rotatable bonds is 11. The van der Waals surface area contributed by atoms with E-state index in [1.165, 1.54) is 0 Å². The summed E-state index contributed by atoms with van der Waals surface area (Å²) in [4.78, 5) is -3.36. The summed E-state index contributed by atoms with van der Waals surface area (Å²) in [6, 6.07) is 12.3. The highest BCUT2D eigenvalue weighted by Gasteiger charge is 2.29. The van der Waals surface area contributed by atoms with Crippen LogP contribution in [0.15, 0.2) is 111 Å². The molecular weight excluding hydrogens is 775 g/mol. The van der Waals surface area contributed by atoms with Gasteiger partial charge in [0.1, 0.15) is 37.4 Å². The van der Waals surface area contributed by atoms with Crippen LogP contribution in [0.3, 0.4) is 0 Å². The van der Waals surface area contributed by atoms with E-state index in [4.69, 9.17) is 11.0 Å². The molecular formula is C27H21N7O14S4. The first kappa shape index (κ1) is 38.0. The molecule has 0 saturated carbocycles. The van der Waals surface area contributed by atoms with Gasteiger partial charge in [0.15, 0.2) is 11.5 Å². The number of hydrogen-bond acceptors (Lipinski definition) is 19. The number of nitrogens with zero attached hydrogens (tertiary/aromatic N) is 6. The second-order valence-corrected chi connectivity index (χ2v) is 15.0. The van der Waals surface area contributed by atoms with Crippen molar-refractivity contribution >= 4 is 98.1 Å². The maximum atomic E-state index is 12.6. The second kappa shape index (κ2) is 14.4. The van der Waals surface area contributed by atoms with Crippen molar-refractivity contribution in [3.8, 4) is 11.5 Å². The van der Waals surface area contributed by atoms with Gasteiger partial charge in [0, 0.05) is 23.2 Å². The number of hydrogen-bond donors (Lipinski definition) is 7. The summed E-state index contributed by atoms with van der Waals surface area (Å²) in [7, 11) is -14.6. The zero-order valence-electron chi connectivity index (χ0n) is 25.6. The van der Waals surface area contributed by atoms with Crippen LogP contribution in [0.25, 0.3) is 21.5 Å². The number of azo groups is 3. The third-order valence-corrected chi connectivity index (χ3v) is 10.3. The Kier molecular flexibility index (Phi) is 10.5. The lowest BCUT2D eigenvalue weighted by atomic mass is 10.0. The van der Waals surface area contributed by atoms with Crippen molar-refractivity contribution in [1.29, 1.82) is 0 Å². The third kappa shape index (κ3) is 7.53. The van der Waals surface area contributed by atoms with Gasteiger partial charge in [-0.25, -0.2) is 5.26 Å². The van der Waals surface area contributed by atoms with Gasteiger partial charge in [-0.3, -0.25) is 13.7 Å². The summed E-state index contributed by atoms with van der Waals surface area (Å²) >= 11 is 0.252. The van der Waals surface area contributed by atoms with Crippen molar-refractivity contribution in [2.75, 3.05) is 12.8 Å². The van der Waals surface area contributed by atoms with E-state index in [1.54, 1.807) is 30.3 Å². The van der Waals surface area contributed by atoms with Gasteiger partial charge in [-0.1, -0.05) is 23.2 Å². The average molecular weight is 796 g/mol. The van der Waals surface area contributed by atoms with Crippen LogP contribution in [0.1, 0.15) is 0 Å². The van der Waals surface area contributed by atoms with Crippen molar-refractivity contribution in [1.82, 2.24) is 0 Å². The Labute approximate surface area is 296 Å². The largest absolute Gasteiger partial charge is 0.505 e. The first-order valence-corrected chi connectivity index (χ1v) is 18.6. The van der Waals surface area contributed by atoms with Crippen molar-refractivity contribution in [3.05, 3.63) is 60.7 Å². The number of nitrogen functional groups attached to an aromatic ring is 1. The Bertz CT molecular complexity index is 2690. The van der Waals surface area contributed by atoms with Crippen LogP contribution in [-0.2, 0) is 39.7 Å². The fourth-order valence-electron chi connectivity index (χ4n) is 4.85. The Morgan fingerprint density at radius 2 is 1.33 bits per heavy atom. The fraction of sp³-hybridized carbons (Fsp3) is 0.0370. The monoisotopic (exact) mass is 795 g/mol. The Morgan fingerprint density at radius 1 is 0.673 bits per heavy atom. The van der Waals surface area contributed by atoms with Crippen LogP contribution in [0, 0.1) is 0 Å². The van der Waals surface area contributed by atoms with E-state index in [-0.39, 0.29) is 16.9 Å². The van der Waals surface area contributed by atoms with E-state index in [0.29, 0.717) is 17.8 Å². The minimum absolute atomic E-state index is 0.206. The van der Waals surface area contributed by atoms with Crippen LogP contribution in [0.5, 0.6) is 11.5 Å². The summed E-state index contributed by atoms with van der Waals surface area (Å²) in [6.45, 7) is 0. The first-order valence-electron chi connectivity index (χ1n) is 13.6. The highest BCUT2D eigenvalue weighted by Crippen LogP contribution is 2.50. The number of phenols is 2. The van der Waals surface area contributed by atoms with Gasteiger partial charge in [0.2, 0.25) is 0 Å². The van der Waals surface area contributed by atoms with Gasteiger partial charge in [0.25, 0.3) is 30.4 Å². The molecule has 8 N–H and O–H groups in total. The maximum Gasteiger partial charge on any atom is 0.297 e. The number of aromatic hydroxyl groups is 2. The van der Waals surface area contributed by atoms with Gasteiger partial charge in [-0.05, 0) is 42.5 Å². The zero-order valence-corrected chi connectivity index (χ0v) is 28.9. The predicted molar refractivity (Wildman–Crippen MR) is 181 cm³/mol. The van der Waals surface area contributed by atoms with Crippen molar-refractivity contribution in [2.45, 2.75) is 19.6 Å². The lowest BCUT2D eigenvalue weighted by Gasteiger charge is -2.15. The molecule has 272 valence electrons. The molecule has 0 spiro atoms. The van der Waals surface area contributed by atoms with E-state index in [9.17, 15) is 49.1 Å². The third-order valence-electron chi connectivity index (χ3n) is 6.94. The number of anilines is 1. The molecule has 0 amide bonds. The number of nitrogens with two attached hydrogens (primary N) is 1. The van der Waals surface area contributed by atoms with Gasteiger partial charge < -0.3 is 15.9 Å². The molecule has 0 aliphatic heterocycles. The fourth-order valence-corrected chi connectivity index (χ4v) is 7.51. The molecule has 0 aromatic heterocycles. The molecule has 0 aliphatic rings. The van der Waals surface area contributed by atoms with E-state index in [2.05, 4.69) is 40.1 Å². The molecule has 0 unspecified atom stereocenters. The van der Waals surface area contributed by atoms with E-state index in [1.807, 2.05) is 0 Å². The van der Waals surface area contributed by atoms with Crippen LogP contribution in [0.4, 0.5) is 34.1 Å². The summed E-state index contributed by atoms with van der Waals surface area (Å²) in [5, 5.41) is 54.8. The second-order valence-electron chi connectivity index (χ2n) is 10.1. The van der Waals surface area contributed by atoms with Gasteiger partial charge in [-0.15, -0.1) is 19.7 Å². The lowest BCUT2D eigenvalue weighted by molar-refractivity contribution is -0.432. The summed E-state index contributed by atoms with van der Waals surface area (Å²) in [6.07, 6.45) is 0. The Balaban J connectivity index is 1.81. The molecule has 21 nitrogen and oxygen atoms in total. The molecule has 0 heterocycles. The smallest absolute Gasteiger partial charge is 0.297 e. The van der Waals surface area contributed by atoms with Crippen LogP contribution < -0.4 is 5.73 Å². The SMILES string of the molecule is CN=Nc1c(S(=O)(=O)O)cc2c(S(=O)(=O)O)c(N=Nc3cc(S(=O)(=O)O)c4cc(SOOO)c(N=Nc5ccccc5)c(O)c4c3N)ccc2c1O. The molecule has 5 aromatic carbocycles. The molecule has 5 aromatic rings. The average Bonchev–Trinajstić information content (AvgIpc) is 3.06. The number of phenolic OH excluding ortho intramolecular Hbond substituents is 2. The number of fused-ring (bicyclic) bond motifs is 2. The maximum absolute atomic E-state index is 12.6. The molecule has 0 saturated heterocycles. The highest BCUT2D eigenvalue weighted by molar-refractivity contribution is 7.94. The van der Waals surface area contributed by atoms with Crippen LogP contribution >= 0.6 is 12.0 Å². The summed E-state index contributed by atoms with van der Waals surface area (Å²) < 4.78 is 109. The highest BCUT2D eigenvalue weighted by atomic mass is 32.2. The van der Waals surface area contributed by atoms with E-state index < -0.39 is 107 Å². The molecule has 0 fully saturated rings. The van der Waals surface area contributed by atoms with E-state index >= 15 is 0 Å².